The van der Waals surface area contributed by atoms with Crippen LogP contribution in [0.1, 0.15) is 53.2 Å². The van der Waals surface area contributed by atoms with Gasteiger partial charge in [0.25, 0.3) is 11.8 Å². The van der Waals surface area contributed by atoms with Gasteiger partial charge in [-0.25, -0.2) is 0 Å². The molecule has 1 aromatic carbocycles. The summed E-state index contributed by atoms with van der Waals surface area (Å²) in [6.07, 6.45) is 3.45. The van der Waals surface area contributed by atoms with Crippen molar-refractivity contribution >= 4 is 17.5 Å². The standard InChI is InChI=1S/C24H30N4O3/c1-3-27(4-2)13-18-11-17(15-31-18)23(30)28-12-16-9-10-24(20(16)14-28)25-21-8-6-5-7-19(21)22(29)26-24/h5-8,11,15-16,20,25H,3-4,9-10,12-14H2,1-2H3,(H,26,29)/t16-,20+,24+/m1/s1. The van der Waals surface area contributed by atoms with Gasteiger partial charge in [0.05, 0.1) is 17.7 Å². The molecule has 164 valence electrons. The van der Waals surface area contributed by atoms with Crippen LogP contribution in [0, 0.1) is 11.8 Å². The fraction of sp³-hybridized carbons (Fsp3) is 0.500. The summed E-state index contributed by atoms with van der Waals surface area (Å²) >= 11 is 0. The van der Waals surface area contributed by atoms with Gasteiger partial charge >= 0.3 is 0 Å². The second kappa shape index (κ2) is 7.71. The maximum absolute atomic E-state index is 13.2. The minimum atomic E-state index is -0.477. The van der Waals surface area contributed by atoms with E-state index in [2.05, 4.69) is 29.4 Å². The van der Waals surface area contributed by atoms with Crippen LogP contribution in [-0.4, -0.2) is 53.5 Å². The third-order valence-corrected chi connectivity index (χ3v) is 7.31. The first-order valence-electron chi connectivity index (χ1n) is 11.3. The molecule has 3 atom stereocenters. The number of hydrogen-bond donors (Lipinski definition) is 2. The molecule has 2 fully saturated rings. The van der Waals surface area contributed by atoms with Crippen LogP contribution in [0.15, 0.2) is 41.0 Å². The molecule has 7 heteroatoms. The van der Waals surface area contributed by atoms with Gasteiger partial charge in [-0.3, -0.25) is 14.5 Å². The number of anilines is 1. The Kier molecular flexibility index (Phi) is 5.01. The summed E-state index contributed by atoms with van der Waals surface area (Å²) in [6, 6.07) is 9.51. The van der Waals surface area contributed by atoms with Gasteiger partial charge in [-0.1, -0.05) is 26.0 Å². The molecule has 1 saturated heterocycles. The number of nitrogens with zero attached hydrogens (tertiary/aromatic N) is 2. The molecule has 0 unspecified atom stereocenters. The Morgan fingerprint density at radius 3 is 2.84 bits per heavy atom. The van der Waals surface area contributed by atoms with E-state index in [9.17, 15) is 9.59 Å². The highest BCUT2D eigenvalue weighted by Crippen LogP contribution is 2.47. The van der Waals surface area contributed by atoms with E-state index in [4.69, 9.17) is 4.42 Å². The molecule has 0 radical (unpaired) electrons. The molecule has 1 aliphatic carbocycles. The number of rotatable bonds is 5. The molecular weight excluding hydrogens is 392 g/mol. The summed E-state index contributed by atoms with van der Waals surface area (Å²) < 4.78 is 5.68. The lowest BCUT2D eigenvalue weighted by Crippen LogP contribution is -2.61. The molecule has 2 aromatic rings. The molecule has 31 heavy (non-hydrogen) atoms. The number of amides is 2. The zero-order chi connectivity index (χ0) is 21.6. The van der Waals surface area contributed by atoms with Crippen LogP contribution in [0.25, 0.3) is 0 Å². The molecule has 0 bridgehead atoms. The molecule has 2 amide bonds. The van der Waals surface area contributed by atoms with Gasteiger partial charge in [-0.15, -0.1) is 0 Å². The van der Waals surface area contributed by atoms with Gasteiger partial charge in [0, 0.05) is 24.7 Å². The van der Waals surface area contributed by atoms with E-state index < -0.39 is 5.66 Å². The number of fused-ring (bicyclic) bond motifs is 3. The van der Waals surface area contributed by atoms with Crippen LogP contribution in [0.3, 0.4) is 0 Å². The number of nitrogens with one attached hydrogen (secondary N) is 2. The number of likely N-dealkylation sites (tertiary alicyclic amines) is 1. The zero-order valence-corrected chi connectivity index (χ0v) is 18.2. The lowest BCUT2D eigenvalue weighted by atomic mass is 9.89. The number of furan rings is 1. The lowest BCUT2D eigenvalue weighted by molar-refractivity contribution is 0.0767. The predicted molar refractivity (Wildman–Crippen MR) is 118 cm³/mol. The highest BCUT2D eigenvalue weighted by molar-refractivity contribution is 6.02. The van der Waals surface area contributed by atoms with Crippen LogP contribution in [0.4, 0.5) is 5.69 Å². The Balaban J connectivity index is 1.31. The largest absolute Gasteiger partial charge is 0.467 e. The number of hydrogen-bond acceptors (Lipinski definition) is 5. The number of benzene rings is 1. The molecular formula is C24H30N4O3. The van der Waals surface area contributed by atoms with Crippen molar-refractivity contribution in [2.45, 2.75) is 38.9 Å². The zero-order valence-electron chi connectivity index (χ0n) is 18.2. The first kappa shape index (κ1) is 20.1. The van der Waals surface area contributed by atoms with E-state index in [-0.39, 0.29) is 17.7 Å². The van der Waals surface area contributed by atoms with Crippen molar-refractivity contribution in [3.05, 3.63) is 53.5 Å². The SMILES string of the molecule is CCN(CC)Cc1cc(C(=O)N2C[C@H]3CC[C@]4(NC(=O)c5ccccc5N4)[C@H]3C2)co1. The molecule has 1 spiro atoms. The van der Waals surface area contributed by atoms with Crippen molar-refractivity contribution in [3.63, 3.8) is 0 Å². The second-order valence-corrected chi connectivity index (χ2v) is 8.97. The van der Waals surface area contributed by atoms with E-state index in [1.165, 1.54) is 0 Å². The second-order valence-electron chi connectivity index (χ2n) is 8.97. The fourth-order valence-electron chi connectivity index (χ4n) is 5.55. The predicted octanol–water partition coefficient (Wildman–Crippen LogP) is 3.16. The average Bonchev–Trinajstić information content (AvgIpc) is 3.49. The summed E-state index contributed by atoms with van der Waals surface area (Å²) in [5, 5.41) is 6.86. The Hall–Kier alpha value is -2.80. The van der Waals surface area contributed by atoms with Gasteiger partial charge in [-0.05, 0) is 50.0 Å². The third kappa shape index (κ3) is 3.41. The van der Waals surface area contributed by atoms with Crippen molar-refractivity contribution in [2.75, 3.05) is 31.5 Å². The number of carbonyl (C=O) groups excluding carboxylic acids is 2. The summed E-state index contributed by atoms with van der Waals surface area (Å²) in [5.74, 6) is 1.37. The Labute approximate surface area is 182 Å². The van der Waals surface area contributed by atoms with E-state index >= 15 is 0 Å². The molecule has 3 aliphatic rings. The lowest BCUT2D eigenvalue weighted by Gasteiger charge is -2.42. The molecule has 7 nitrogen and oxygen atoms in total. The summed E-state index contributed by atoms with van der Waals surface area (Å²) in [6.45, 7) is 8.20. The van der Waals surface area contributed by atoms with Crippen LogP contribution >= 0.6 is 0 Å². The van der Waals surface area contributed by atoms with Crippen molar-refractivity contribution in [2.24, 2.45) is 11.8 Å². The minimum absolute atomic E-state index is 0.0154. The third-order valence-electron chi connectivity index (χ3n) is 7.31. The van der Waals surface area contributed by atoms with E-state index in [0.717, 1.165) is 43.9 Å². The van der Waals surface area contributed by atoms with Crippen molar-refractivity contribution in [1.82, 2.24) is 15.1 Å². The molecule has 1 saturated carbocycles. The van der Waals surface area contributed by atoms with Crippen molar-refractivity contribution in [1.29, 1.82) is 0 Å². The highest BCUT2D eigenvalue weighted by atomic mass is 16.3. The summed E-state index contributed by atoms with van der Waals surface area (Å²) in [5.41, 5.74) is 1.70. The summed E-state index contributed by atoms with van der Waals surface area (Å²) in [7, 11) is 0. The monoisotopic (exact) mass is 422 g/mol. The van der Waals surface area contributed by atoms with E-state index in [1.807, 2.05) is 35.2 Å². The number of carbonyl (C=O) groups is 2. The van der Waals surface area contributed by atoms with Crippen LogP contribution in [-0.2, 0) is 6.54 Å². The topological polar surface area (TPSA) is 77.8 Å². The van der Waals surface area contributed by atoms with Gasteiger partial charge in [0.1, 0.15) is 17.7 Å². The highest BCUT2D eigenvalue weighted by Gasteiger charge is 2.55. The van der Waals surface area contributed by atoms with Crippen LogP contribution in [0.2, 0.25) is 0 Å². The Morgan fingerprint density at radius 2 is 2.03 bits per heavy atom. The molecule has 1 aromatic heterocycles. The Bertz CT molecular complexity index is 998. The molecule has 2 aliphatic heterocycles. The minimum Gasteiger partial charge on any atom is -0.467 e. The molecule has 5 rings (SSSR count). The first-order chi connectivity index (χ1) is 15.0. The quantitative estimate of drug-likeness (QED) is 0.774. The first-order valence-corrected chi connectivity index (χ1v) is 11.3. The molecule has 3 heterocycles. The maximum atomic E-state index is 13.2. The van der Waals surface area contributed by atoms with Gasteiger partial charge in [-0.2, -0.15) is 0 Å². The fourth-order valence-corrected chi connectivity index (χ4v) is 5.55. The summed E-state index contributed by atoms with van der Waals surface area (Å²) in [4.78, 5) is 30.1. The van der Waals surface area contributed by atoms with Crippen LogP contribution in [0.5, 0.6) is 0 Å². The molecule has 2 N–H and O–H groups in total. The van der Waals surface area contributed by atoms with Crippen LogP contribution < -0.4 is 10.6 Å². The average molecular weight is 423 g/mol. The van der Waals surface area contributed by atoms with Gasteiger partial charge < -0.3 is 20.0 Å². The Morgan fingerprint density at radius 1 is 1.23 bits per heavy atom. The smallest absolute Gasteiger partial charge is 0.257 e. The van der Waals surface area contributed by atoms with E-state index in [0.29, 0.717) is 30.1 Å². The van der Waals surface area contributed by atoms with Crippen molar-refractivity contribution < 1.29 is 14.0 Å². The normalized spacial score (nSPS) is 26.7. The van der Waals surface area contributed by atoms with Crippen molar-refractivity contribution in [3.8, 4) is 0 Å². The maximum Gasteiger partial charge on any atom is 0.257 e. The number of para-hydroxylation sites is 1. The van der Waals surface area contributed by atoms with Gasteiger partial charge in [0.15, 0.2) is 0 Å². The van der Waals surface area contributed by atoms with Gasteiger partial charge in [0.2, 0.25) is 0 Å². The van der Waals surface area contributed by atoms with E-state index in [1.54, 1.807) is 6.26 Å².